The van der Waals surface area contributed by atoms with Gasteiger partial charge in [0.2, 0.25) is 0 Å². The van der Waals surface area contributed by atoms with Crippen LogP contribution in [0.1, 0.15) is 61.4 Å². The van der Waals surface area contributed by atoms with Gasteiger partial charge in [0.25, 0.3) is 0 Å². The molecule has 2 N–H and O–H groups in total. The van der Waals surface area contributed by atoms with E-state index < -0.39 is 5.97 Å². The third-order valence-corrected chi connectivity index (χ3v) is 3.60. The van der Waals surface area contributed by atoms with Gasteiger partial charge in [-0.3, -0.25) is 0 Å². The van der Waals surface area contributed by atoms with E-state index in [1.807, 2.05) is 6.92 Å². The Bertz CT molecular complexity index is 442. The first-order chi connectivity index (χ1) is 10.0. The molecule has 0 spiro atoms. The summed E-state index contributed by atoms with van der Waals surface area (Å²) >= 11 is 0. The molecule has 0 saturated carbocycles. The summed E-state index contributed by atoms with van der Waals surface area (Å²) in [6.45, 7) is 4.41. The van der Waals surface area contributed by atoms with Crippen molar-refractivity contribution >= 4 is 5.97 Å². The van der Waals surface area contributed by atoms with Crippen LogP contribution in [0.3, 0.4) is 0 Å². The van der Waals surface area contributed by atoms with Gasteiger partial charge in [0.1, 0.15) is 5.75 Å². The predicted octanol–water partition coefficient (Wildman–Crippen LogP) is 3.79. The molecule has 1 atom stereocenters. The van der Waals surface area contributed by atoms with Crippen LogP contribution in [-0.2, 0) is 0 Å². The number of carbonyl (C=O) groups is 1. The van der Waals surface area contributed by atoms with E-state index in [0.717, 1.165) is 44.3 Å². The van der Waals surface area contributed by atoms with Crippen LogP contribution in [0.25, 0.3) is 0 Å². The highest BCUT2D eigenvalue weighted by molar-refractivity contribution is 5.89. The molecule has 0 aliphatic rings. The molecule has 0 aromatic heterocycles. The molecule has 0 heterocycles. The van der Waals surface area contributed by atoms with Gasteiger partial charge in [-0.25, -0.2) is 4.79 Å². The van der Waals surface area contributed by atoms with Crippen molar-refractivity contribution in [1.82, 2.24) is 0 Å². The van der Waals surface area contributed by atoms with E-state index in [4.69, 9.17) is 9.84 Å². The van der Waals surface area contributed by atoms with Gasteiger partial charge in [-0.2, -0.15) is 0 Å². The van der Waals surface area contributed by atoms with Crippen molar-refractivity contribution in [2.75, 3.05) is 6.61 Å². The molecule has 0 bridgehead atoms. The average molecular weight is 294 g/mol. The van der Waals surface area contributed by atoms with Crippen LogP contribution >= 0.6 is 0 Å². The largest absolute Gasteiger partial charge is 0.494 e. The van der Waals surface area contributed by atoms with E-state index in [0.29, 0.717) is 17.7 Å². The van der Waals surface area contributed by atoms with Crippen molar-refractivity contribution in [3.8, 4) is 5.75 Å². The summed E-state index contributed by atoms with van der Waals surface area (Å²) < 4.78 is 5.63. The molecule has 118 valence electrons. The number of carboxylic acids is 1. The molecule has 0 aliphatic heterocycles. The molecule has 4 nitrogen and oxygen atoms in total. The minimum Gasteiger partial charge on any atom is -0.494 e. The standard InChI is InChI=1S/C17H26O4/c1-3-14(18)8-6-4-5-7-11-21-15-9-10-16(17(19)20)13(2)12-15/h9-10,12,14,18H,3-8,11H2,1-2H3,(H,19,20). The number of aliphatic hydroxyl groups excluding tert-OH is 1. The quantitative estimate of drug-likeness (QED) is 0.644. The third-order valence-electron chi connectivity index (χ3n) is 3.60. The van der Waals surface area contributed by atoms with Crippen molar-refractivity contribution in [2.45, 2.75) is 58.5 Å². The third kappa shape index (κ3) is 6.63. The number of aryl methyl sites for hydroxylation is 1. The minimum atomic E-state index is -0.909. The van der Waals surface area contributed by atoms with Gasteiger partial charge < -0.3 is 14.9 Å². The molecule has 1 rings (SSSR count). The fourth-order valence-electron chi connectivity index (χ4n) is 2.20. The number of aliphatic hydroxyl groups is 1. The first-order valence-corrected chi connectivity index (χ1v) is 7.69. The van der Waals surface area contributed by atoms with Gasteiger partial charge in [0.15, 0.2) is 0 Å². The number of ether oxygens (including phenoxy) is 1. The predicted molar refractivity (Wildman–Crippen MR) is 83.0 cm³/mol. The summed E-state index contributed by atoms with van der Waals surface area (Å²) in [5, 5.41) is 18.4. The van der Waals surface area contributed by atoms with Crippen molar-refractivity contribution in [1.29, 1.82) is 0 Å². The Morgan fingerprint density at radius 3 is 2.57 bits per heavy atom. The number of rotatable bonds is 10. The molecule has 0 saturated heterocycles. The summed E-state index contributed by atoms with van der Waals surface area (Å²) in [6, 6.07) is 5.05. The number of carboxylic acid groups (broad SMARTS) is 1. The Hall–Kier alpha value is -1.55. The Morgan fingerprint density at radius 2 is 1.95 bits per heavy atom. The molecule has 0 fully saturated rings. The first kappa shape index (κ1) is 17.5. The fraction of sp³-hybridized carbons (Fsp3) is 0.588. The molecular formula is C17H26O4. The van der Waals surface area contributed by atoms with Gasteiger partial charge in [-0.1, -0.05) is 26.2 Å². The minimum absolute atomic E-state index is 0.156. The summed E-state index contributed by atoms with van der Waals surface area (Å²) in [7, 11) is 0. The van der Waals surface area contributed by atoms with E-state index in [2.05, 4.69) is 0 Å². The lowest BCUT2D eigenvalue weighted by molar-refractivity contribution is 0.0696. The SMILES string of the molecule is CCC(O)CCCCCCOc1ccc(C(=O)O)c(C)c1. The number of benzene rings is 1. The molecule has 0 radical (unpaired) electrons. The van der Waals surface area contributed by atoms with Gasteiger partial charge in [-0.05, 0) is 49.9 Å². The van der Waals surface area contributed by atoms with Crippen LogP contribution < -0.4 is 4.74 Å². The van der Waals surface area contributed by atoms with E-state index >= 15 is 0 Å². The zero-order valence-electron chi connectivity index (χ0n) is 13.0. The maximum Gasteiger partial charge on any atom is 0.335 e. The summed E-state index contributed by atoms with van der Waals surface area (Å²) in [6.07, 6.45) is 5.78. The lowest BCUT2D eigenvalue weighted by atomic mass is 10.1. The first-order valence-electron chi connectivity index (χ1n) is 7.69. The zero-order valence-corrected chi connectivity index (χ0v) is 13.0. The zero-order chi connectivity index (χ0) is 15.7. The molecule has 0 aliphatic carbocycles. The molecular weight excluding hydrogens is 268 g/mol. The molecule has 0 amide bonds. The number of unbranched alkanes of at least 4 members (excludes halogenated alkanes) is 3. The highest BCUT2D eigenvalue weighted by atomic mass is 16.5. The second-order valence-corrected chi connectivity index (χ2v) is 5.40. The topological polar surface area (TPSA) is 66.8 Å². The highest BCUT2D eigenvalue weighted by Crippen LogP contribution is 2.18. The molecule has 4 heteroatoms. The van der Waals surface area contributed by atoms with Crippen molar-refractivity contribution < 1.29 is 19.7 Å². The van der Waals surface area contributed by atoms with Crippen LogP contribution in [0, 0.1) is 6.92 Å². The van der Waals surface area contributed by atoms with Crippen LogP contribution in [0.15, 0.2) is 18.2 Å². The van der Waals surface area contributed by atoms with Gasteiger partial charge in [0, 0.05) is 0 Å². The Morgan fingerprint density at radius 1 is 1.24 bits per heavy atom. The maximum absolute atomic E-state index is 10.9. The average Bonchev–Trinajstić information content (AvgIpc) is 2.45. The van der Waals surface area contributed by atoms with E-state index in [1.165, 1.54) is 0 Å². The second kappa shape index (κ2) is 9.40. The normalized spacial score (nSPS) is 12.1. The lowest BCUT2D eigenvalue weighted by Gasteiger charge is -2.09. The Balaban J connectivity index is 2.18. The highest BCUT2D eigenvalue weighted by Gasteiger charge is 2.07. The van der Waals surface area contributed by atoms with Crippen LogP contribution in [0.5, 0.6) is 5.75 Å². The Kier molecular flexibility index (Phi) is 7.83. The van der Waals surface area contributed by atoms with Gasteiger partial charge in [-0.15, -0.1) is 0 Å². The van der Waals surface area contributed by atoms with Crippen LogP contribution in [-0.4, -0.2) is 28.9 Å². The molecule has 1 aromatic rings. The fourth-order valence-corrected chi connectivity index (χ4v) is 2.20. The Labute approximate surface area is 126 Å². The summed E-state index contributed by atoms with van der Waals surface area (Å²) in [5.41, 5.74) is 1.03. The van der Waals surface area contributed by atoms with Crippen molar-refractivity contribution in [3.05, 3.63) is 29.3 Å². The van der Waals surface area contributed by atoms with Crippen molar-refractivity contribution in [2.24, 2.45) is 0 Å². The van der Waals surface area contributed by atoms with Crippen LogP contribution in [0.4, 0.5) is 0 Å². The molecule has 1 unspecified atom stereocenters. The monoisotopic (exact) mass is 294 g/mol. The van der Waals surface area contributed by atoms with E-state index in [1.54, 1.807) is 25.1 Å². The number of hydrogen-bond acceptors (Lipinski definition) is 3. The van der Waals surface area contributed by atoms with Gasteiger partial charge >= 0.3 is 5.97 Å². The molecule has 21 heavy (non-hydrogen) atoms. The summed E-state index contributed by atoms with van der Waals surface area (Å²) in [4.78, 5) is 10.9. The smallest absolute Gasteiger partial charge is 0.335 e. The summed E-state index contributed by atoms with van der Waals surface area (Å²) in [5.74, 6) is -0.188. The van der Waals surface area contributed by atoms with E-state index in [-0.39, 0.29) is 6.10 Å². The molecule has 1 aromatic carbocycles. The lowest BCUT2D eigenvalue weighted by Crippen LogP contribution is -2.04. The van der Waals surface area contributed by atoms with E-state index in [9.17, 15) is 9.90 Å². The van der Waals surface area contributed by atoms with Gasteiger partial charge in [0.05, 0.1) is 18.3 Å². The van der Waals surface area contributed by atoms with Crippen molar-refractivity contribution in [3.63, 3.8) is 0 Å². The maximum atomic E-state index is 10.9. The second-order valence-electron chi connectivity index (χ2n) is 5.40. The van der Waals surface area contributed by atoms with Crippen LogP contribution in [0.2, 0.25) is 0 Å². The number of hydrogen-bond donors (Lipinski definition) is 2. The number of aromatic carboxylic acids is 1.